The van der Waals surface area contributed by atoms with Gasteiger partial charge in [-0.15, -0.1) is 0 Å². The van der Waals surface area contributed by atoms with Crippen LogP contribution in [0.5, 0.6) is 11.5 Å². The number of hydrogen-bond donors (Lipinski definition) is 1. The predicted octanol–water partition coefficient (Wildman–Crippen LogP) is 5.17. The molecular formula is C17H19BrO2. The summed E-state index contributed by atoms with van der Waals surface area (Å²) in [6, 6.07) is 11.9. The fourth-order valence-electron chi connectivity index (χ4n) is 2.05. The molecule has 0 bridgehead atoms. The Labute approximate surface area is 128 Å². The molecule has 20 heavy (non-hydrogen) atoms. The van der Waals surface area contributed by atoms with Gasteiger partial charge >= 0.3 is 0 Å². The zero-order chi connectivity index (χ0) is 14.7. The van der Waals surface area contributed by atoms with E-state index in [0.29, 0.717) is 5.92 Å². The van der Waals surface area contributed by atoms with Crippen molar-refractivity contribution < 1.29 is 9.84 Å². The second kappa shape index (κ2) is 6.42. The molecule has 2 aromatic rings. The lowest BCUT2D eigenvalue weighted by Crippen LogP contribution is -1.95. The van der Waals surface area contributed by atoms with Crippen LogP contribution in [0.2, 0.25) is 0 Å². The van der Waals surface area contributed by atoms with Gasteiger partial charge in [-0.25, -0.2) is 0 Å². The zero-order valence-corrected chi connectivity index (χ0v) is 13.6. The molecule has 0 amide bonds. The molecule has 1 N–H and O–H groups in total. The van der Waals surface area contributed by atoms with Gasteiger partial charge in [0.05, 0.1) is 6.61 Å². The summed E-state index contributed by atoms with van der Waals surface area (Å²) in [4.78, 5) is 0. The van der Waals surface area contributed by atoms with Crippen molar-refractivity contribution >= 4 is 15.9 Å². The highest BCUT2D eigenvalue weighted by Crippen LogP contribution is 2.33. The van der Waals surface area contributed by atoms with Gasteiger partial charge in [0, 0.05) is 4.47 Å². The third-order valence-electron chi connectivity index (χ3n) is 3.21. The quantitative estimate of drug-likeness (QED) is 0.836. The maximum atomic E-state index is 9.18. The highest BCUT2D eigenvalue weighted by Gasteiger charge is 2.10. The van der Waals surface area contributed by atoms with Crippen LogP contribution >= 0.6 is 15.9 Å². The van der Waals surface area contributed by atoms with Crippen LogP contribution in [-0.4, -0.2) is 5.11 Å². The van der Waals surface area contributed by atoms with E-state index in [4.69, 9.17) is 4.74 Å². The molecule has 106 valence electrons. The van der Waals surface area contributed by atoms with E-state index in [1.54, 1.807) is 0 Å². The summed E-state index contributed by atoms with van der Waals surface area (Å²) in [5.74, 6) is 2.07. The SMILES string of the molecule is Cc1ccc(C(C)C)c(Oc2ccc(CO)c(Br)c2)c1. The molecule has 0 saturated carbocycles. The Morgan fingerprint density at radius 1 is 1.15 bits per heavy atom. The number of aryl methyl sites for hydroxylation is 1. The molecule has 0 aliphatic carbocycles. The molecule has 0 atom stereocenters. The fraction of sp³-hybridized carbons (Fsp3) is 0.294. The molecule has 0 heterocycles. The van der Waals surface area contributed by atoms with Crippen molar-refractivity contribution in [1.82, 2.24) is 0 Å². The maximum absolute atomic E-state index is 9.18. The number of ether oxygens (including phenoxy) is 1. The Balaban J connectivity index is 2.34. The van der Waals surface area contributed by atoms with E-state index in [2.05, 4.69) is 54.9 Å². The van der Waals surface area contributed by atoms with E-state index in [0.717, 1.165) is 21.5 Å². The topological polar surface area (TPSA) is 29.5 Å². The van der Waals surface area contributed by atoms with E-state index in [1.807, 2.05) is 18.2 Å². The van der Waals surface area contributed by atoms with Crippen molar-refractivity contribution in [1.29, 1.82) is 0 Å². The minimum atomic E-state index is 0.0164. The van der Waals surface area contributed by atoms with Gasteiger partial charge in [-0.05, 0) is 47.7 Å². The monoisotopic (exact) mass is 334 g/mol. The lowest BCUT2D eigenvalue weighted by Gasteiger charge is -2.15. The summed E-state index contributed by atoms with van der Waals surface area (Å²) in [5.41, 5.74) is 3.22. The third-order valence-corrected chi connectivity index (χ3v) is 3.95. The molecule has 2 nitrogen and oxygen atoms in total. The highest BCUT2D eigenvalue weighted by molar-refractivity contribution is 9.10. The molecule has 0 aromatic heterocycles. The normalized spacial score (nSPS) is 10.9. The minimum absolute atomic E-state index is 0.0164. The van der Waals surface area contributed by atoms with E-state index < -0.39 is 0 Å². The summed E-state index contributed by atoms with van der Waals surface area (Å²) in [7, 11) is 0. The van der Waals surface area contributed by atoms with Crippen LogP contribution in [0.25, 0.3) is 0 Å². The molecule has 0 unspecified atom stereocenters. The molecule has 0 spiro atoms. The summed E-state index contributed by atoms with van der Waals surface area (Å²) < 4.78 is 6.88. The van der Waals surface area contributed by atoms with E-state index in [9.17, 15) is 5.11 Å². The van der Waals surface area contributed by atoms with Gasteiger partial charge in [0.25, 0.3) is 0 Å². The fourth-order valence-corrected chi connectivity index (χ4v) is 2.54. The van der Waals surface area contributed by atoms with Gasteiger partial charge < -0.3 is 9.84 Å². The lowest BCUT2D eigenvalue weighted by atomic mass is 10.0. The Morgan fingerprint density at radius 2 is 1.90 bits per heavy atom. The molecule has 3 heteroatoms. The second-order valence-corrected chi connectivity index (χ2v) is 6.06. The van der Waals surface area contributed by atoms with Crippen molar-refractivity contribution in [3.05, 3.63) is 57.6 Å². The average Bonchev–Trinajstić information content (AvgIpc) is 2.38. The Hall–Kier alpha value is -1.32. The highest BCUT2D eigenvalue weighted by atomic mass is 79.9. The third kappa shape index (κ3) is 3.41. The van der Waals surface area contributed by atoms with Gasteiger partial charge in [0.15, 0.2) is 0 Å². The second-order valence-electron chi connectivity index (χ2n) is 5.21. The maximum Gasteiger partial charge on any atom is 0.131 e. The van der Waals surface area contributed by atoms with Crippen LogP contribution in [0.4, 0.5) is 0 Å². The van der Waals surface area contributed by atoms with Crippen molar-refractivity contribution in [3.63, 3.8) is 0 Å². The van der Waals surface area contributed by atoms with E-state index in [-0.39, 0.29) is 6.61 Å². The van der Waals surface area contributed by atoms with Crippen molar-refractivity contribution in [2.75, 3.05) is 0 Å². The van der Waals surface area contributed by atoms with Crippen LogP contribution in [0.1, 0.15) is 36.5 Å². The first-order chi connectivity index (χ1) is 9.51. The van der Waals surface area contributed by atoms with E-state index in [1.165, 1.54) is 11.1 Å². The number of benzene rings is 2. The summed E-state index contributed by atoms with van der Waals surface area (Å²) in [6.45, 7) is 6.38. The molecule has 2 rings (SSSR count). The molecule has 0 saturated heterocycles. The smallest absolute Gasteiger partial charge is 0.131 e. The number of aliphatic hydroxyl groups is 1. The molecular weight excluding hydrogens is 316 g/mol. The van der Waals surface area contributed by atoms with E-state index >= 15 is 0 Å². The first-order valence-electron chi connectivity index (χ1n) is 6.69. The molecule has 2 aromatic carbocycles. The van der Waals surface area contributed by atoms with Crippen molar-refractivity contribution in [3.8, 4) is 11.5 Å². The Bertz CT molecular complexity index is 606. The van der Waals surface area contributed by atoms with Crippen molar-refractivity contribution in [2.24, 2.45) is 0 Å². The molecule has 0 radical (unpaired) electrons. The van der Waals surface area contributed by atoms with Crippen LogP contribution in [0.15, 0.2) is 40.9 Å². The van der Waals surface area contributed by atoms with Crippen LogP contribution in [0.3, 0.4) is 0 Å². The Morgan fingerprint density at radius 3 is 2.50 bits per heavy atom. The Kier molecular flexibility index (Phi) is 4.84. The number of hydrogen-bond acceptors (Lipinski definition) is 2. The van der Waals surface area contributed by atoms with Crippen LogP contribution in [0, 0.1) is 6.92 Å². The van der Waals surface area contributed by atoms with Crippen LogP contribution in [-0.2, 0) is 6.61 Å². The molecule has 0 aliphatic heterocycles. The van der Waals surface area contributed by atoms with Gasteiger partial charge in [-0.3, -0.25) is 0 Å². The number of aliphatic hydroxyl groups excluding tert-OH is 1. The molecule has 0 aliphatic rings. The minimum Gasteiger partial charge on any atom is -0.457 e. The predicted molar refractivity (Wildman–Crippen MR) is 85.4 cm³/mol. The van der Waals surface area contributed by atoms with Gasteiger partial charge in [-0.2, -0.15) is 0 Å². The summed E-state index contributed by atoms with van der Waals surface area (Å²) >= 11 is 3.44. The summed E-state index contributed by atoms with van der Waals surface area (Å²) in [6.07, 6.45) is 0. The van der Waals surface area contributed by atoms with Gasteiger partial charge in [-0.1, -0.05) is 48.0 Å². The number of halogens is 1. The van der Waals surface area contributed by atoms with Gasteiger partial charge in [0.2, 0.25) is 0 Å². The first-order valence-corrected chi connectivity index (χ1v) is 7.48. The summed E-state index contributed by atoms with van der Waals surface area (Å²) in [5, 5.41) is 9.18. The molecule has 0 fully saturated rings. The lowest BCUT2D eigenvalue weighted by molar-refractivity contribution is 0.281. The van der Waals surface area contributed by atoms with Gasteiger partial charge in [0.1, 0.15) is 11.5 Å². The number of rotatable bonds is 4. The first kappa shape index (κ1) is 15.1. The van der Waals surface area contributed by atoms with Crippen molar-refractivity contribution in [2.45, 2.75) is 33.3 Å². The standard InChI is InChI=1S/C17H19BrO2/c1-11(2)15-7-4-12(3)8-17(15)20-14-6-5-13(10-19)16(18)9-14/h4-9,11,19H,10H2,1-3H3. The largest absolute Gasteiger partial charge is 0.457 e. The average molecular weight is 335 g/mol. The zero-order valence-electron chi connectivity index (χ0n) is 12.0. The van der Waals surface area contributed by atoms with Crippen LogP contribution < -0.4 is 4.74 Å².